The van der Waals surface area contributed by atoms with Crippen molar-refractivity contribution in [1.29, 1.82) is 0 Å². The molecule has 0 aromatic heterocycles. The first-order valence-corrected chi connectivity index (χ1v) is 11.5. The van der Waals surface area contributed by atoms with Crippen LogP contribution in [0.15, 0.2) is 17.1 Å². The van der Waals surface area contributed by atoms with Crippen LogP contribution in [-0.2, 0) is 13.0 Å². The Kier molecular flexibility index (Phi) is 11.2. The van der Waals surface area contributed by atoms with E-state index in [1.54, 1.807) is 0 Å². The van der Waals surface area contributed by atoms with E-state index >= 15 is 0 Å². The van der Waals surface area contributed by atoms with Crippen LogP contribution in [0.4, 0.5) is 0 Å². The Labute approximate surface area is 205 Å². The summed E-state index contributed by atoms with van der Waals surface area (Å²) < 4.78 is 11.8. The van der Waals surface area contributed by atoms with Gasteiger partial charge in [0.25, 0.3) is 0 Å². The first-order valence-electron chi connectivity index (χ1n) is 11.5. The Morgan fingerprint density at radius 2 is 1.87 bits per heavy atom. The molecule has 0 amide bonds. The van der Waals surface area contributed by atoms with Gasteiger partial charge in [0.15, 0.2) is 5.96 Å². The number of hydrogen-bond donors (Lipinski definition) is 2. The number of halogens is 1. The van der Waals surface area contributed by atoms with Gasteiger partial charge in [-0.2, -0.15) is 0 Å². The molecule has 1 unspecified atom stereocenters. The number of benzene rings is 1. The number of likely N-dealkylation sites (N-methyl/N-ethyl adjacent to an activating group) is 1. The second-order valence-corrected chi connectivity index (χ2v) is 8.03. The first kappa shape index (κ1) is 26.0. The minimum atomic E-state index is 0. The maximum absolute atomic E-state index is 5.94. The van der Waals surface area contributed by atoms with E-state index in [2.05, 4.69) is 53.3 Å². The Balaban J connectivity index is 0.00000341. The van der Waals surface area contributed by atoms with Crippen molar-refractivity contribution in [2.24, 2.45) is 4.99 Å². The Morgan fingerprint density at radius 3 is 2.55 bits per heavy atom. The Bertz CT molecular complexity index is 707. The molecule has 2 aliphatic rings. The van der Waals surface area contributed by atoms with Gasteiger partial charge in [-0.3, -0.25) is 4.90 Å². The summed E-state index contributed by atoms with van der Waals surface area (Å²) in [6, 6.07) is 4.23. The zero-order valence-corrected chi connectivity index (χ0v) is 21.9. The van der Waals surface area contributed by atoms with Crippen LogP contribution in [0.1, 0.15) is 38.8 Å². The number of guanidine groups is 1. The van der Waals surface area contributed by atoms with Crippen LogP contribution >= 0.6 is 24.0 Å². The third-order valence-electron chi connectivity index (χ3n) is 5.76. The molecule has 3 rings (SSSR count). The number of ether oxygens (including phenoxy) is 2. The van der Waals surface area contributed by atoms with Crippen LogP contribution in [0.5, 0.6) is 11.5 Å². The SMILES string of the molecule is CCNC(=NCc1cc2c(cc1OCC)CC(C)O2)NCCN1CCN(CC)CC1.I. The third-order valence-corrected chi connectivity index (χ3v) is 5.76. The lowest BCUT2D eigenvalue weighted by atomic mass is 10.1. The average Bonchev–Trinajstić information content (AvgIpc) is 3.11. The summed E-state index contributed by atoms with van der Waals surface area (Å²) in [5, 5.41) is 6.84. The van der Waals surface area contributed by atoms with Crippen molar-refractivity contribution < 1.29 is 9.47 Å². The molecule has 0 bridgehead atoms. The predicted molar refractivity (Wildman–Crippen MR) is 138 cm³/mol. The van der Waals surface area contributed by atoms with E-state index in [-0.39, 0.29) is 30.1 Å². The molecule has 0 spiro atoms. The molecule has 2 aliphatic heterocycles. The van der Waals surface area contributed by atoms with E-state index < -0.39 is 0 Å². The number of fused-ring (bicyclic) bond motifs is 1. The number of rotatable bonds is 9. The van der Waals surface area contributed by atoms with Gasteiger partial charge in [0.1, 0.15) is 17.6 Å². The van der Waals surface area contributed by atoms with Crippen molar-refractivity contribution >= 4 is 29.9 Å². The molecule has 1 aromatic carbocycles. The largest absolute Gasteiger partial charge is 0.494 e. The van der Waals surface area contributed by atoms with Crippen LogP contribution in [0.3, 0.4) is 0 Å². The topological polar surface area (TPSA) is 61.4 Å². The van der Waals surface area contributed by atoms with E-state index in [0.29, 0.717) is 13.2 Å². The van der Waals surface area contributed by atoms with E-state index in [0.717, 1.165) is 68.7 Å². The smallest absolute Gasteiger partial charge is 0.191 e. The molecule has 2 N–H and O–H groups in total. The first-order chi connectivity index (χ1) is 14.6. The molecular weight excluding hydrogens is 505 g/mol. The predicted octanol–water partition coefficient (Wildman–Crippen LogP) is 2.72. The van der Waals surface area contributed by atoms with Gasteiger partial charge in [0.2, 0.25) is 0 Å². The molecule has 2 heterocycles. The van der Waals surface area contributed by atoms with Crippen molar-refractivity contribution in [3.63, 3.8) is 0 Å². The van der Waals surface area contributed by atoms with Crippen LogP contribution in [0.2, 0.25) is 0 Å². The zero-order valence-electron chi connectivity index (χ0n) is 19.6. The van der Waals surface area contributed by atoms with Crippen LogP contribution in [0.25, 0.3) is 0 Å². The molecule has 31 heavy (non-hydrogen) atoms. The second-order valence-electron chi connectivity index (χ2n) is 8.03. The fraction of sp³-hybridized carbons (Fsp3) is 0.696. The molecule has 176 valence electrons. The minimum absolute atomic E-state index is 0. The van der Waals surface area contributed by atoms with Gasteiger partial charge in [0.05, 0.1) is 13.2 Å². The quantitative estimate of drug-likeness (QED) is 0.283. The van der Waals surface area contributed by atoms with Crippen molar-refractivity contribution in [3.05, 3.63) is 23.3 Å². The lowest BCUT2D eigenvalue weighted by Gasteiger charge is -2.34. The fourth-order valence-electron chi connectivity index (χ4n) is 4.06. The molecule has 0 aliphatic carbocycles. The highest BCUT2D eigenvalue weighted by molar-refractivity contribution is 14.0. The molecular formula is C23H40IN5O2. The van der Waals surface area contributed by atoms with Gasteiger partial charge in [-0.15, -0.1) is 24.0 Å². The highest BCUT2D eigenvalue weighted by Crippen LogP contribution is 2.35. The molecule has 0 saturated carbocycles. The maximum Gasteiger partial charge on any atom is 0.191 e. The van der Waals surface area contributed by atoms with Gasteiger partial charge in [-0.25, -0.2) is 4.99 Å². The zero-order chi connectivity index (χ0) is 21.3. The lowest BCUT2D eigenvalue weighted by Crippen LogP contribution is -2.49. The Hall–Kier alpha value is -1.26. The monoisotopic (exact) mass is 545 g/mol. The summed E-state index contributed by atoms with van der Waals surface area (Å²) in [5.74, 6) is 2.74. The van der Waals surface area contributed by atoms with Crippen LogP contribution in [-0.4, -0.2) is 80.8 Å². The van der Waals surface area contributed by atoms with E-state index in [4.69, 9.17) is 14.5 Å². The number of piperazine rings is 1. The van der Waals surface area contributed by atoms with Crippen molar-refractivity contribution in [2.45, 2.75) is 46.8 Å². The molecule has 1 aromatic rings. The summed E-state index contributed by atoms with van der Waals surface area (Å²) >= 11 is 0. The molecule has 8 heteroatoms. The van der Waals surface area contributed by atoms with Gasteiger partial charge in [-0.05, 0) is 39.4 Å². The number of aliphatic imine (C=N–C) groups is 1. The molecule has 0 radical (unpaired) electrons. The van der Waals surface area contributed by atoms with Crippen molar-refractivity contribution in [3.8, 4) is 11.5 Å². The van der Waals surface area contributed by atoms with Gasteiger partial charge in [-0.1, -0.05) is 6.92 Å². The molecule has 1 fully saturated rings. The van der Waals surface area contributed by atoms with E-state index in [1.165, 1.54) is 18.7 Å². The van der Waals surface area contributed by atoms with Crippen LogP contribution < -0.4 is 20.1 Å². The van der Waals surface area contributed by atoms with Gasteiger partial charge >= 0.3 is 0 Å². The van der Waals surface area contributed by atoms with Gasteiger partial charge in [0, 0.05) is 63.4 Å². The van der Waals surface area contributed by atoms with Crippen molar-refractivity contribution in [1.82, 2.24) is 20.4 Å². The third kappa shape index (κ3) is 7.68. The lowest BCUT2D eigenvalue weighted by molar-refractivity contribution is 0.139. The minimum Gasteiger partial charge on any atom is -0.494 e. The molecule has 1 atom stereocenters. The summed E-state index contributed by atoms with van der Waals surface area (Å²) in [6.07, 6.45) is 1.17. The normalized spacial score (nSPS) is 19.4. The summed E-state index contributed by atoms with van der Waals surface area (Å²) in [5.41, 5.74) is 2.30. The van der Waals surface area contributed by atoms with Gasteiger partial charge < -0.3 is 25.0 Å². The highest BCUT2D eigenvalue weighted by atomic mass is 127. The van der Waals surface area contributed by atoms with Crippen molar-refractivity contribution in [2.75, 3.05) is 59.0 Å². The van der Waals surface area contributed by atoms with E-state index in [9.17, 15) is 0 Å². The number of hydrogen-bond acceptors (Lipinski definition) is 5. The summed E-state index contributed by atoms with van der Waals surface area (Å²) in [4.78, 5) is 9.84. The maximum atomic E-state index is 5.94. The standard InChI is InChI=1S/C23H39N5O2.HI/c1-5-24-23(25-8-9-28-12-10-27(6-2)11-13-28)26-17-20-16-22-19(14-18(4)30-22)15-21(20)29-7-3;/h15-16,18H,5-14,17H2,1-4H3,(H2,24,25,26);1H. The second kappa shape index (κ2) is 13.3. The summed E-state index contributed by atoms with van der Waals surface area (Å²) in [7, 11) is 0. The average molecular weight is 546 g/mol. The molecule has 1 saturated heterocycles. The number of nitrogens with one attached hydrogen (secondary N) is 2. The highest BCUT2D eigenvalue weighted by Gasteiger charge is 2.22. The van der Waals surface area contributed by atoms with Crippen LogP contribution in [0, 0.1) is 0 Å². The van der Waals surface area contributed by atoms with E-state index in [1.807, 2.05) is 6.92 Å². The molecule has 7 nitrogen and oxygen atoms in total. The number of nitrogens with zero attached hydrogens (tertiary/aromatic N) is 3. The summed E-state index contributed by atoms with van der Waals surface area (Å²) in [6.45, 7) is 18.2. The Morgan fingerprint density at radius 1 is 1.13 bits per heavy atom. The fourth-order valence-corrected chi connectivity index (χ4v) is 4.06.